The minimum absolute atomic E-state index is 0.0998. The molecule has 1 saturated heterocycles. The third-order valence-electron chi connectivity index (χ3n) is 2.64. The summed E-state index contributed by atoms with van der Waals surface area (Å²) in [5, 5.41) is 0. The van der Waals surface area contributed by atoms with Crippen LogP contribution in [0.3, 0.4) is 0 Å². The van der Waals surface area contributed by atoms with Crippen LogP contribution in [0.1, 0.15) is 19.3 Å². The Bertz CT molecular complexity index is 380. The normalized spacial score (nSPS) is 22.4. The van der Waals surface area contributed by atoms with Crippen molar-refractivity contribution >= 4 is 19.1 Å². The number of allylic oxidation sites excluding steroid dienone is 1. The van der Waals surface area contributed by atoms with E-state index in [1.807, 2.05) is 6.08 Å². The molecule has 17 heavy (non-hydrogen) atoms. The van der Waals surface area contributed by atoms with Crippen molar-refractivity contribution in [3.05, 3.63) is 17.3 Å². The molecule has 1 aliphatic carbocycles. The lowest BCUT2D eigenvalue weighted by Gasteiger charge is -2.23. The second kappa shape index (κ2) is 5.21. The van der Waals surface area contributed by atoms with Crippen molar-refractivity contribution in [2.45, 2.75) is 19.3 Å². The SMILES string of the molecule is CN1CC(=O)OB(C2=C=CCCC2)OC(=O)C1. The Morgan fingerprint density at radius 1 is 1.29 bits per heavy atom. The quantitative estimate of drug-likeness (QED) is 0.483. The molecule has 0 amide bonds. The van der Waals surface area contributed by atoms with E-state index in [1.165, 1.54) is 0 Å². The summed E-state index contributed by atoms with van der Waals surface area (Å²) in [7, 11) is 0.781. The summed E-state index contributed by atoms with van der Waals surface area (Å²) in [5.74, 6) is -0.769. The van der Waals surface area contributed by atoms with Crippen molar-refractivity contribution in [2.75, 3.05) is 20.1 Å². The van der Waals surface area contributed by atoms with Crippen LogP contribution >= 0.6 is 0 Å². The summed E-state index contributed by atoms with van der Waals surface area (Å²) in [6.07, 6.45) is 4.55. The highest BCUT2D eigenvalue weighted by atomic mass is 16.6. The van der Waals surface area contributed by atoms with E-state index in [2.05, 4.69) is 5.73 Å². The molecule has 6 heteroatoms. The van der Waals surface area contributed by atoms with Crippen molar-refractivity contribution in [1.82, 2.24) is 4.90 Å². The zero-order valence-corrected chi connectivity index (χ0v) is 9.77. The minimum atomic E-state index is -0.889. The van der Waals surface area contributed by atoms with Gasteiger partial charge >= 0.3 is 19.1 Å². The van der Waals surface area contributed by atoms with Gasteiger partial charge in [0, 0.05) is 5.47 Å². The van der Waals surface area contributed by atoms with Crippen molar-refractivity contribution in [1.29, 1.82) is 0 Å². The van der Waals surface area contributed by atoms with Gasteiger partial charge in [-0.25, -0.2) is 0 Å². The molecule has 0 unspecified atom stereocenters. The number of hydrogen-bond donors (Lipinski definition) is 0. The largest absolute Gasteiger partial charge is 0.640 e. The Kier molecular flexibility index (Phi) is 3.66. The molecule has 0 aromatic rings. The molecule has 0 aromatic heterocycles. The number of likely N-dealkylation sites (N-methyl/N-ethyl adjacent to an activating group) is 1. The fourth-order valence-electron chi connectivity index (χ4n) is 1.83. The van der Waals surface area contributed by atoms with Crippen molar-refractivity contribution in [3.63, 3.8) is 0 Å². The maximum Gasteiger partial charge on any atom is 0.640 e. The zero-order chi connectivity index (χ0) is 12.3. The predicted octanol–water partition coefficient (Wildman–Crippen LogP) is 0.311. The molecule has 5 nitrogen and oxygen atoms in total. The molecule has 0 N–H and O–H groups in total. The first-order valence-electron chi connectivity index (χ1n) is 5.66. The second-order valence-corrected chi connectivity index (χ2v) is 4.25. The Morgan fingerprint density at radius 3 is 2.47 bits per heavy atom. The summed E-state index contributed by atoms with van der Waals surface area (Å²) in [5.41, 5.74) is 3.75. The van der Waals surface area contributed by atoms with Gasteiger partial charge < -0.3 is 9.31 Å². The highest BCUT2D eigenvalue weighted by Gasteiger charge is 2.35. The van der Waals surface area contributed by atoms with Crippen LogP contribution in [0.15, 0.2) is 17.3 Å². The minimum Gasteiger partial charge on any atom is -0.494 e. The van der Waals surface area contributed by atoms with Gasteiger partial charge in [0.2, 0.25) is 0 Å². The first kappa shape index (κ1) is 12.0. The monoisotopic (exact) mass is 235 g/mol. The molecule has 0 saturated carbocycles. The molecule has 0 aromatic carbocycles. The maximum absolute atomic E-state index is 11.5. The average molecular weight is 235 g/mol. The number of nitrogens with zero attached hydrogens (tertiary/aromatic N) is 1. The molecule has 0 spiro atoms. The van der Waals surface area contributed by atoms with Gasteiger partial charge in [0.1, 0.15) is 0 Å². The Hall–Kier alpha value is -1.52. The van der Waals surface area contributed by atoms with Crippen molar-refractivity contribution in [3.8, 4) is 0 Å². The third kappa shape index (κ3) is 3.22. The van der Waals surface area contributed by atoms with Crippen molar-refractivity contribution in [2.24, 2.45) is 0 Å². The van der Waals surface area contributed by atoms with E-state index >= 15 is 0 Å². The highest BCUT2D eigenvalue weighted by Crippen LogP contribution is 2.17. The van der Waals surface area contributed by atoms with Crippen LogP contribution in [0.25, 0.3) is 0 Å². The highest BCUT2D eigenvalue weighted by molar-refractivity contribution is 6.57. The molecule has 1 heterocycles. The molecule has 90 valence electrons. The molecule has 0 atom stereocenters. The van der Waals surface area contributed by atoms with E-state index in [0.717, 1.165) is 24.7 Å². The predicted molar refractivity (Wildman–Crippen MR) is 60.9 cm³/mol. The van der Waals surface area contributed by atoms with E-state index in [9.17, 15) is 9.59 Å². The van der Waals surface area contributed by atoms with Crippen molar-refractivity contribution < 1.29 is 18.9 Å². The van der Waals surface area contributed by atoms with Gasteiger partial charge in [0.25, 0.3) is 0 Å². The maximum atomic E-state index is 11.5. The lowest BCUT2D eigenvalue weighted by molar-refractivity contribution is -0.145. The number of carbonyl (C=O) groups excluding carboxylic acids is 2. The van der Waals surface area contributed by atoms with Crippen LogP contribution in [-0.2, 0) is 18.9 Å². The summed E-state index contributed by atoms with van der Waals surface area (Å²) in [6, 6.07) is 0. The molecular formula is C11H14BNO4. The Balaban J connectivity index is 2.13. The van der Waals surface area contributed by atoms with Crippen LogP contribution in [-0.4, -0.2) is 44.1 Å². The first-order valence-corrected chi connectivity index (χ1v) is 5.66. The fourth-order valence-corrected chi connectivity index (χ4v) is 1.83. The Morgan fingerprint density at radius 2 is 1.94 bits per heavy atom. The van der Waals surface area contributed by atoms with Gasteiger partial charge in [0.05, 0.1) is 13.1 Å². The van der Waals surface area contributed by atoms with Gasteiger partial charge in [-0.05, 0) is 32.4 Å². The topological polar surface area (TPSA) is 55.8 Å². The van der Waals surface area contributed by atoms with Crippen LogP contribution in [0.2, 0.25) is 0 Å². The summed E-state index contributed by atoms with van der Waals surface area (Å²) >= 11 is 0. The first-order chi connectivity index (χ1) is 8.15. The lowest BCUT2D eigenvalue weighted by atomic mass is 9.74. The Labute approximate surface area is 100 Å². The summed E-state index contributed by atoms with van der Waals surface area (Å²) in [6.45, 7) is 0.200. The van der Waals surface area contributed by atoms with Gasteiger partial charge in [-0.15, -0.1) is 5.73 Å². The standard InChI is InChI=1S/C11H14BNO4/c1-13-7-10(14)16-12(17-11(15)8-13)9-5-3-2-4-6-9/h3H,2,4,6-8H2,1H3. The summed E-state index contributed by atoms with van der Waals surface area (Å²) < 4.78 is 10.3. The third-order valence-corrected chi connectivity index (χ3v) is 2.64. The van der Waals surface area contributed by atoms with Crippen LogP contribution < -0.4 is 0 Å². The zero-order valence-electron chi connectivity index (χ0n) is 9.77. The van der Waals surface area contributed by atoms with E-state index in [0.29, 0.717) is 0 Å². The average Bonchev–Trinajstić information content (AvgIpc) is 2.27. The van der Waals surface area contributed by atoms with Crippen LogP contribution in [0.4, 0.5) is 0 Å². The van der Waals surface area contributed by atoms with Crippen LogP contribution in [0.5, 0.6) is 0 Å². The van der Waals surface area contributed by atoms with Gasteiger partial charge in [0.15, 0.2) is 0 Å². The van der Waals surface area contributed by atoms with E-state index in [1.54, 1.807) is 11.9 Å². The van der Waals surface area contributed by atoms with E-state index < -0.39 is 7.12 Å². The smallest absolute Gasteiger partial charge is 0.494 e. The lowest BCUT2D eigenvalue weighted by Crippen LogP contribution is -2.43. The summed E-state index contributed by atoms with van der Waals surface area (Å²) in [4.78, 5) is 24.6. The number of hydrogen-bond acceptors (Lipinski definition) is 5. The molecule has 1 fully saturated rings. The van der Waals surface area contributed by atoms with Gasteiger partial charge in [-0.3, -0.25) is 14.5 Å². The van der Waals surface area contributed by atoms with E-state index in [4.69, 9.17) is 9.31 Å². The molecule has 0 radical (unpaired) electrons. The van der Waals surface area contributed by atoms with Crippen LogP contribution in [0, 0.1) is 0 Å². The number of rotatable bonds is 1. The molecular weight excluding hydrogens is 221 g/mol. The molecule has 2 rings (SSSR count). The fraction of sp³-hybridized carbons (Fsp3) is 0.545. The molecule has 2 aliphatic rings. The molecule has 1 aliphatic heterocycles. The van der Waals surface area contributed by atoms with E-state index in [-0.39, 0.29) is 25.0 Å². The number of carbonyl (C=O) groups is 2. The van der Waals surface area contributed by atoms with Gasteiger partial charge in [-0.2, -0.15) is 0 Å². The second-order valence-electron chi connectivity index (χ2n) is 4.25. The van der Waals surface area contributed by atoms with Gasteiger partial charge in [-0.1, -0.05) is 0 Å². The molecule has 0 bridgehead atoms.